The van der Waals surface area contributed by atoms with Crippen LogP contribution in [0, 0.1) is 0 Å². The molecule has 0 saturated carbocycles. The van der Waals surface area contributed by atoms with E-state index in [0.717, 1.165) is 5.57 Å². The Hall–Kier alpha value is -2.82. The molecule has 21 heavy (non-hydrogen) atoms. The molecule has 0 bridgehead atoms. The zero-order chi connectivity index (χ0) is 15.2. The normalized spacial score (nSPS) is 9.81. The molecule has 1 heterocycles. The highest BCUT2D eigenvalue weighted by Crippen LogP contribution is 2.15. The number of amides is 2. The van der Waals surface area contributed by atoms with Gasteiger partial charge < -0.3 is 15.1 Å². The molecule has 0 radical (unpaired) electrons. The minimum atomic E-state index is -0.318. The summed E-state index contributed by atoms with van der Waals surface area (Å²) in [5, 5.41) is 5.43. The van der Waals surface area contributed by atoms with Crippen LogP contribution in [0.25, 0.3) is 0 Å². The fraction of sp³-hybridized carbons (Fsp3) is 0.125. The second kappa shape index (κ2) is 6.56. The van der Waals surface area contributed by atoms with Crippen molar-refractivity contribution >= 4 is 23.2 Å². The van der Waals surface area contributed by atoms with Crippen LogP contribution in [0.4, 0.5) is 11.4 Å². The SMILES string of the molecule is CC(C)=CC(=O)Nc1ccc(NC(=O)c2ccco2)cc1. The zero-order valence-electron chi connectivity index (χ0n) is 11.8. The molecule has 5 nitrogen and oxygen atoms in total. The summed E-state index contributed by atoms with van der Waals surface area (Å²) in [6, 6.07) is 10.1. The predicted octanol–water partition coefficient (Wildman–Crippen LogP) is 3.44. The van der Waals surface area contributed by atoms with E-state index in [1.807, 2.05) is 13.8 Å². The van der Waals surface area contributed by atoms with Gasteiger partial charge in [0.05, 0.1) is 6.26 Å². The van der Waals surface area contributed by atoms with Crippen molar-refractivity contribution in [1.29, 1.82) is 0 Å². The molecule has 2 rings (SSSR count). The average molecular weight is 284 g/mol. The Labute approximate surface area is 122 Å². The number of furan rings is 1. The molecule has 0 saturated heterocycles. The Morgan fingerprint density at radius 1 is 1.00 bits per heavy atom. The van der Waals surface area contributed by atoms with E-state index in [-0.39, 0.29) is 17.6 Å². The second-order valence-electron chi connectivity index (χ2n) is 4.72. The number of carbonyl (C=O) groups excluding carboxylic acids is 2. The van der Waals surface area contributed by atoms with E-state index in [1.165, 1.54) is 12.3 Å². The van der Waals surface area contributed by atoms with Gasteiger partial charge in [0.15, 0.2) is 5.76 Å². The maximum atomic E-state index is 11.8. The third-order valence-corrected chi connectivity index (χ3v) is 2.58. The second-order valence-corrected chi connectivity index (χ2v) is 4.72. The van der Waals surface area contributed by atoms with Crippen LogP contribution in [0.2, 0.25) is 0 Å². The van der Waals surface area contributed by atoms with Crippen LogP contribution < -0.4 is 10.6 Å². The van der Waals surface area contributed by atoms with Gasteiger partial charge in [-0.1, -0.05) is 5.57 Å². The van der Waals surface area contributed by atoms with Crippen LogP contribution >= 0.6 is 0 Å². The highest BCUT2D eigenvalue weighted by molar-refractivity contribution is 6.02. The quantitative estimate of drug-likeness (QED) is 0.845. The summed E-state index contributed by atoms with van der Waals surface area (Å²) in [4.78, 5) is 23.3. The number of rotatable bonds is 4. The monoisotopic (exact) mass is 284 g/mol. The summed E-state index contributed by atoms with van der Waals surface area (Å²) in [6.07, 6.45) is 2.96. The number of anilines is 2. The lowest BCUT2D eigenvalue weighted by molar-refractivity contribution is -0.111. The number of carbonyl (C=O) groups is 2. The minimum absolute atomic E-state index is 0.178. The minimum Gasteiger partial charge on any atom is -0.459 e. The van der Waals surface area contributed by atoms with E-state index in [0.29, 0.717) is 11.4 Å². The van der Waals surface area contributed by atoms with Gasteiger partial charge in [0.25, 0.3) is 5.91 Å². The third-order valence-electron chi connectivity index (χ3n) is 2.58. The molecule has 2 aromatic rings. The molecule has 108 valence electrons. The molecule has 5 heteroatoms. The number of benzene rings is 1. The van der Waals surface area contributed by atoms with Crippen LogP contribution in [-0.2, 0) is 4.79 Å². The van der Waals surface area contributed by atoms with Crippen LogP contribution in [0.3, 0.4) is 0 Å². The van der Waals surface area contributed by atoms with Crippen molar-refractivity contribution in [3.63, 3.8) is 0 Å². The lowest BCUT2D eigenvalue weighted by Crippen LogP contribution is -2.11. The topological polar surface area (TPSA) is 71.3 Å². The molecule has 0 aliphatic carbocycles. The van der Waals surface area contributed by atoms with Gasteiger partial charge in [0, 0.05) is 17.5 Å². The summed E-state index contributed by atoms with van der Waals surface area (Å²) >= 11 is 0. The van der Waals surface area contributed by atoms with Crippen molar-refractivity contribution in [2.45, 2.75) is 13.8 Å². The molecule has 0 aliphatic rings. The Morgan fingerprint density at radius 3 is 2.14 bits per heavy atom. The van der Waals surface area contributed by atoms with Crippen molar-refractivity contribution in [2.24, 2.45) is 0 Å². The number of allylic oxidation sites excluding steroid dienone is 1. The highest BCUT2D eigenvalue weighted by Gasteiger charge is 2.08. The first-order chi connectivity index (χ1) is 10.0. The highest BCUT2D eigenvalue weighted by atomic mass is 16.3. The van der Waals surface area contributed by atoms with E-state index in [4.69, 9.17) is 4.42 Å². The summed E-state index contributed by atoms with van der Waals surface area (Å²) in [6.45, 7) is 3.71. The first kappa shape index (κ1) is 14.6. The fourth-order valence-corrected chi connectivity index (χ4v) is 1.68. The van der Waals surface area contributed by atoms with Crippen molar-refractivity contribution in [2.75, 3.05) is 10.6 Å². The van der Waals surface area contributed by atoms with Crippen LogP contribution in [-0.4, -0.2) is 11.8 Å². The molecule has 1 aromatic heterocycles. The summed E-state index contributed by atoms with van der Waals surface area (Å²) in [7, 11) is 0. The molecule has 0 atom stereocenters. The molecular formula is C16H16N2O3. The smallest absolute Gasteiger partial charge is 0.291 e. The largest absolute Gasteiger partial charge is 0.459 e. The van der Waals surface area contributed by atoms with Crippen molar-refractivity contribution in [3.05, 3.63) is 60.1 Å². The lowest BCUT2D eigenvalue weighted by Gasteiger charge is -2.06. The average Bonchev–Trinajstić information content (AvgIpc) is 2.94. The van der Waals surface area contributed by atoms with Crippen molar-refractivity contribution in [1.82, 2.24) is 0 Å². The number of hydrogen-bond donors (Lipinski definition) is 2. The predicted molar refractivity (Wildman–Crippen MR) is 81.2 cm³/mol. The standard InChI is InChI=1S/C16H16N2O3/c1-11(2)10-15(19)17-12-5-7-13(8-6-12)18-16(20)14-4-3-9-21-14/h3-10H,1-2H3,(H,17,19)(H,18,20). The number of hydrogen-bond acceptors (Lipinski definition) is 3. The molecule has 0 spiro atoms. The first-order valence-electron chi connectivity index (χ1n) is 6.45. The van der Waals surface area contributed by atoms with E-state index in [9.17, 15) is 9.59 Å². The van der Waals surface area contributed by atoms with Gasteiger partial charge >= 0.3 is 0 Å². The van der Waals surface area contributed by atoms with E-state index >= 15 is 0 Å². The fourth-order valence-electron chi connectivity index (χ4n) is 1.68. The van der Waals surface area contributed by atoms with Gasteiger partial charge in [-0.3, -0.25) is 9.59 Å². The Bertz CT molecular complexity index is 651. The van der Waals surface area contributed by atoms with Gasteiger partial charge in [-0.2, -0.15) is 0 Å². The lowest BCUT2D eigenvalue weighted by atomic mass is 10.2. The summed E-state index contributed by atoms with van der Waals surface area (Å²) in [5.74, 6) is -0.250. The summed E-state index contributed by atoms with van der Waals surface area (Å²) in [5.41, 5.74) is 2.21. The van der Waals surface area contributed by atoms with Gasteiger partial charge in [0.1, 0.15) is 0 Å². The van der Waals surface area contributed by atoms with E-state index < -0.39 is 0 Å². The zero-order valence-corrected chi connectivity index (χ0v) is 11.8. The van der Waals surface area contributed by atoms with Crippen molar-refractivity contribution < 1.29 is 14.0 Å². The molecule has 1 aromatic carbocycles. The van der Waals surface area contributed by atoms with Gasteiger partial charge in [0.2, 0.25) is 5.91 Å². The number of nitrogens with one attached hydrogen (secondary N) is 2. The van der Waals surface area contributed by atoms with Crippen molar-refractivity contribution in [3.8, 4) is 0 Å². The Balaban J connectivity index is 1.97. The molecule has 0 unspecified atom stereocenters. The van der Waals surface area contributed by atoms with E-state index in [1.54, 1.807) is 36.4 Å². The van der Waals surface area contributed by atoms with Gasteiger partial charge in [-0.05, 0) is 50.2 Å². The maximum absolute atomic E-state index is 11.8. The maximum Gasteiger partial charge on any atom is 0.291 e. The van der Waals surface area contributed by atoms with Crippen LogP contribution in [0.15, 0.2) is 58.7 Å². The van der Waals surface area contributed by atoms with E-state index in [2.05, 4.69) is 10.6 Å². The molecule has 0 aliphatic heterocycles. The van der Waals surface area contributed by atoms with Crippen LogP contribution in [0.5, 0.6) is 0 Å². The first-order valence-corrected chi connectivity index (χ1v) is 6.45. The van der Waals surface area contributed by atoms with Gasteiger partial charge in [-0.25, -0.2) is 0 Å². The summed E-state index contributed by atoms with van der Waals surface area (Å²) < 4.78 is 5.01. The molecule has 2 N–H and O–H groups in total. The molecule has 0 fully saturated rings. The third kappa shape index (κ3) is 4.35. The Morgan fingerprint density at radius 2 is 1.62 bits per heavy atom. The van der Waals surface area contributed by atoms with Gasteiger partial charge in [-0.15, -0.1) is 0 Å². The molecular weight excluding hydrogens is 268 g/mol. The Kier molecular flexibility index (Phi) is 4.56. The molecule has 2 amide bonds. The van der Waals surface area contributed by atoms with Crippen LogP contribution in [0.1, 0.15) is 24.4 Å².